The van der Waals surface area contributed by atoms with E-state index in [2.05, 4.69) is 134 Å². The molecule has 1 unspecified atom stereocenters. The molecule has 4 aliphatic rings. The SMILES string of the molecule is CC[C@@H]1/C=C(\C)C[C@H](C)C[C@H](OC)[C@H]2O[C@@](O)(C(O)C(=O)N[C@H](CCCC=O)C(=O)O[C@H](/C(C)=C/[C@@H]3CC[C@@H](O[Si](C)(C)C(C)(C)C)[C@H](OC)C3)[C@H](C)[C@@H]3C[C@@H]1O[Si](C(C)C)(C(C)C)O[Si](C(C)C)(C(C)C)O3)[C@H](C)C[C@@H]2OC. The van der Waals surface area contributed by atoms with Crippen LogP contribution in [0.3, 0.4) is 0 Å². The number of aliphatic hydroxyl groups excluding tert-OH is 1. The van der Waals surface area contributed by atoms with Gasteiger partial charge in [-0.15, -0.1) is 0 Å². The Bertz CT molecular complexity index is 1990. The number of carbonyl (C=O) groups is 3. The number of hydrogen-bond donors (Lipinski definition) is 3. The van der Waals surface area contributed by atoms with Crippen LogP contribution in [0.15, 0.2) is 23.3 Å². The molecule has 4 bridgehead atoms. The Morgan fingerprint density at radius 1 is 0.848 bits per heavy atom. The standard InChI is InChI=1S/C61H113NO14Si3/c1-23-47-31-41(10)30-42(11)32-53(69-19)56-54(70-20)34-44(13)61(67,72-56)57(64)58(65)62-48(26-24-25-29-63)59(66)71-55(43(12)33-46-27-28-49(52(35-46)68-18)73-77(21,22)60(15,16)17)45(14)50-36-51(47)75-79(39(6)7,40(8)9)76-78(74-50,37(2)3)38(4)5/h29,31,33,37-40,42,44-57,64,67H,23-28,30,32,34-36H2,1-22H3,(H,62,65)/b41-31+,43-33+/t42-,44+,45+,46-,47+,48+,49+,50-,51-,52+,53-,54-,55+,56+,57?,61+/m0/s1. The van der Waals surface area contributed by atoms with Gasteiger partial charge in [-0.25, -0.2) is 4.79 Å². The van der Waals surface area contributed by atoms with Gasteiger partial charge < -0.3 is 61.4 Å². The van der Waals surface area contributed by atoms with E-state index in [1.54, 1.807) is 28.3 Å². The first-order valence-electron chi connectivity index (χ1n) is 30.4. The number of aldehydes is 1. The molecule has 1 aliphatic carbocycles. The average Bonchev–Trinajstić information content (AvgIpc) is 3.47. The highest BCUT2D eigenvalue weighted by Crippen LogP contribution is 2.50. The number of carbonyl (C=O) groups excluding carboxylic acids is 3. The van der Waals surface area contributed by atoms with Gasteiger partial charge >= 0.3 is 23.1 Å². The van der Waals surface area contributed by atoms with E-state index < -0.39 is 97.6 Å². The first-order chi connectivity index (χ1) is 36.7. The minimum absolute atomic E-state index is 0.0274. The van der Waals surface area contributed by atoms with Gasteiger partial charge in [-0.2, -0.15) is 0 Å². The predicted molar refractivity (Wildman–Crippen MR) is 319 cm³/mol. The number of amides is 1. The third-order valence-electron chi connectivity index (χ3n) is 19.0. The second-order valence-electron chi connectivity index (χ2n) is 27.3. The predicted octanol–water partition coefficient (Wildman–Crippen LogP) is 12.2. The maximum Gasteiger partial charge on any atom is 0.334 e. The van der Waals surface area contributed by atoms with Crippen LogP contribution in [0.4, 0.5) is 0 Å². The molecule has 3 aliphatic heterocycles. The van der Waals surface area contributed by atoms with Crippen molar-refractivity contribution < 1.29 is 65.7 Å². The zero-order valence-corrected chi connectivity index (χ0v) is 56.3. The van der Waals surface area contributed by atoms with Gasteiger partial charge in [0.2, 0.25) is 5.79 Å². The lowest BCUT2D eigenvalue weighted by molar-refractivity contribution is -0.345. The lowest BCUT2D eigenvalue weighted by atomic mass is 9.81. The average molecular weight is 1170 g/mol. The van der Waals surface area contributed by atoms with E-state index in [9.17, 15) is 19.8 Å². The zero-order chi connectivity index (χ0) is 59.7. The fourth-order valence-corrected chi connectivity index (χ4v) is 25.9. The van der Waals surface area contributed by atoms with Crippen molar-refractivity contribution in [1.29, 1.82) is 0 Å². The van der Waals surface area contributed by atoms with Crippen molar-refractivity contribution >= 4 is 43.6 Å². The summed E-state index contributed by atoms with van der Waals surface area (Å²) < 4.78 is 62.4. The lowest BCUT2D eigenvalue weighted by Gasteiger charge is -2.54. The lowest BCUT2D eigenvalue weighted by Crippen LogP contribution is -2.66. The fraction of sp³-hybridized carbons (Fsp3) is 0.885. The number of unbranched alkanes of at least 4 members (excludes halogenated alkanes) is 1. The Balaban J connectivity index is 2.02. The van der Waals surface area contributed by atoms with Crippen LogP contribution in [0.5, 0.6) is 0 Å². The molecule has 0 radical (unpaired) electrons. The molecule has 3 N–H and O–H groups in total. The van der Waals surface area contributed by atoms with Gasteiger partial charge in [-0.05, 0) is 136 Å². The maximum atomic E-state index is 15.3. The van der Waals surface area contributed by atoms with E-state index in [0.717, 1.165) is 37.5 Å². The Labute approximate surface area is 482 Å². The van der Waals surface area contributed by atoms with Crippen molar-refractivity contribution in [3.05, 3.63) is 23.3 Å². The molecule has 1 amide bonds. The molecule has 16 atom stereocenters. The molecule has 0 aromatic carbocycles. The van der Waals surface area contributed by atoms with E-state index >= 15 is 4.79 Å². The third-order valence-corrected chi connectivity index (χ3v) is 33.9. The number of cyclic esters (lactones) is 1. The summed E-state index contributed by atoms with van der Waals surface area (Å²) in [4.78, 5) is 41.6. The highest BCUT2D eigenvalue weighted by Gasteiger charge is 2.61. The zero-order valence-electron chi connectivity index (χ0n) is 53.3. The van der Waals surface area contributed by atoms with Gasteiger partial charge in [-0.3, -0.25) is 4.79 Å². The van der Waals surface area contributed by atoms with Gasteiger partial charge in [0.15, 0.2) is 14.4 Å². The van der Waals surface area contributed by atoms with Gasteiger partial charge in [0.05, 0.1) is 36.6 Å². The van der Waals surface area contributed by atoms with Gasteiger partial charge in [-0.1, -0.05) is 122 Å². The van der Waals surface area contributed by atoms with E-state index in [4.69, 9.17) is 41.1 Å². The van der Waals surface area contributed by atoms with Crippen molar-refractivity contribution in [3.63, 3.8) is 0 Å². The highest BCUT2D eigenvalue weighted by molar-refractivity contribution is 6.84. The van der Waals surface area contributed by atoms with Crippen LogP contribution in [0.2, 0.25) is 40.3 Å². The maximum absolute atomic E-state index is 15.3. The second kappa shape index (κ2) is 29.4. The fourth-order valence-electron chi connectivity index (χ4n) is 13.1. The summed E-state index contributed by atoms with van der Waals surface area (Å²) >= 11 is 0. The number of aliphatic hydroxyl groups is 2. The molecule has 4 rings (SSSR count). The molecule has 1 saturated carbocycles. The number of ether oxygens (including phenoxy) is 5. The van der Waals surface area contributed by atoms with Crippen molar-refractivity contribution in [2.24, 2.45) is 29.6 Å². The monoisotopic (exact) mass is 1170 g/mol. The van der Waals surface area contributed by atoms with E-state index in [-0.39, 0.29) is 89.0 Å². The van der Waals surface area contributed by atoms with Crippen LogP contribution in [-0.2, 0) is 55.5 Å². The van der Waals surface area contributed by atoms with Gasteiger partial charge in [0, 0.05) is 45.5 Å². The number of fused-ring (bicyclic) bond motifs is 4. The van der Waals surface area contributed by atoms with Crippen LogP contribution in [0, 0.1) is 29.6 Å². The van der Waals surface area contributed by atoms with E-state index in [1.165, 1.54) is 5.57 Å². The quantitative estimate of drug-likeness (QED) is 0.0435. The molecule has 2 saturated heterocycles. The van der Waals surface area contributed by atoms with Crippen LogP contribution >= 0.6 is 0 Å². The minimum Gasteiger partial charge on any atom is -0.456 e. The molecular weight excluding hydrogens is 1050 g/mol. The van der Waals surface area contributed by atoms with E-state index in [1.807, 2.05) is 6.92 Å². The largest absolute Gasteiger partial charge is 0.456 e. The summed E-state index contributed by atoms with van der Waals surface area (Å²) in [5, 5.41) is 27.2. The molecule has 0 aromatic rings. The van der Waals surface area contributed by atoms with Gasteiger partial charge in [0.25, 0.3) is 5.91 Å². The highest BCUT2D eigenvalue weighted by atomic mass is 28.5. The van der Waals surface area contributed by atoms with Gasteiger partial charge in [0.1, 0.15) is 24.5 Å². The summed E-state index contributed by atoms with van der Waals surface area (Å²) in [5.74, 6) is -5.24. The van der Waals surface area contributed by atoms with Crippen LogP contribution in [0.25, 0.3) is 0 Å². The minimum atomic E-state index is -3.22. The number of nitrogens with one attached hydrogen (secondary N) is 1. The number of rotatable bonds is 16. The summed E-state index contributed by atoms with van der Waals surface area (Å²) in [6.07, 6.45) is 5.02. The Morgan fingerprint density at radius 3 is 1.92 bits per heavy atom. The molecule has 18 heteroatoms. The first-order valence-corrected chi connectivity index (χ1v) is 37.3. The van der Waals surface area contributed by atoms with Crippen molar-refractivity contribution in [3.8, 4) is 0 Å². The Morgan fingerprint density at radius 2 is 1.41 bits per heavy atom. The molecule has 3 fully saturated rings. The van der Waals surface area contributed by atoms with Crippen LogP contribution in [0.1, 0.15) is 188 Å². The summed E-state index contributed by atoms with van der Waals surface area (Å²) in [7, 11) is -3.49. The Hall–Kier alpha value is -1.66. The normalized spacial score (nSPS) is 36.9. The van der Waals surface area contributed by atoms with Crippen LogP contribution < -0.4 is 5.32 Å². The Kier molecular flexibility index (Phi) is 26.0. The number of allylic oxidation sites excluding steroid dienone is 2. The molecule has 79 heavy (non-hydrogen) atoms. The first kappa shape index (κ1) is 69.8. The topological polar surface area (TPSA) is 187 Å². The van der Waals surface area contributed by atoms with Crippen LogP contribution in [-0.4, -0.2) is 142 Å². The summed E-state index contributed by atoms with van der Waals surface area (Å²) in [6.45, 7) is 41.6. The van der Waals surface area contributed by atoms with Crippen molar-refractivity contribution in [1.82, 2.24) is 5.32 Å². The summed E-state index contributed by atoms with van der Waals surface area (Å²) in [6, 6.07) is -1.31. The number of hydrogen-bond acceptors (Lipinski definition) is 14. The molecule has 15 nitrogen and oxygen atoms in total. The molecule has 0 spiro atoms. The molecule has 0 aromatic heterocycles. The molecule has 3 heterocycles. The van der Waals surface area contributed by atoms with Crippen molar-refractivity contribution in [2.75, 3.05) is 21.3 Å². The third kappa shape index (κ3) is 16.6. The van der Waals surface area contributed by atoms with Crippen molar-refractivity contribution in [2.45, 2.75) is 295 Å². The summed E-state index contributed by atoms with van der Waals surface area (Å²) in [5.41, 5.74) is 2.31. The molecular formula is C61H113NO14Si3. The second-order valence-corrected chi connectivity index (χ2v) is 40.9. The molecule has 458 valence electrons. The van der Waals surface area contributed by atoms with E-state index in [0.29, 0.717) is 19.3 Å². The smallest absolute Gasteiger partial charge is 0.334 e. The number of methoxy groups -OCH3 is 3. The number of esters is 1.